The number of hydrogen-bond acceptors (Lipinski definition) is 4. The SMILES string of the molecule is CC(C)N(CCCl)S(=O)(=O)c1ccc(NC(=O)NCc2cccnc2)cc1. The van der Waals surface area contributed by atoms with Crippen LogP contribution in [-0.4, -0.2) is 42.2 Å². The van der Waals surface area contributed by atoms with Crippen LogP contribution in [0.25, 0.3) is 0 Å². The zero-order valence-corrected chi connectivity index (χ0v) is 16.8. The smallest absolute Gasteiger partial charge is 0.319 e. The lowest BCUT2D eigenvalue weighted by Gasteiger charge is -2.25. The molecular formula is C18H23ClN4O3S. The average Bonchev–Trinajstić information content (AvgIpc) is 2.65. The molecule has 0 spiro atoms. The minimum absolute atomic E-state index is 0.155. The predicted molar refractivity (Wildman–Crippen MR) is 106 cm³/mol. The molecule has 2 aromatic rings. The molecule has 0 unspecified atom stereocenters. The van der Waals surface area contributed by atoms with Gasteiger partial charge in [0.05, 0.1) is 4.90 Å². The summed E-state index contributed by atoms with van der Waals surface area (Å²) in [6, 6.07) is 9.09. The molecule has 2 rings (SSSR count). The Morgan fingerprint density at radius 2 is 1.93 bits per heavy atom. The number of nitrogens with one attached hydrogen (secondary N) is 2. The molecule has 1 aromatic heterocycles. The van der Waals surface area contributed by atoms with E-state index in [1.165, 1.54) is 16.4 Å². The van der Waals surface area contributed by atoms with Crippen molar-refractivity contribution < 1.29 is 13.2 Å². The van der Waals surface area contributed by atoms with Crippen LogP contribution in [0.2, 0.25) is 0 Å². The number of anilines is 1. The van der Waals surface area contributed by atoms with Crippen molar-refractivity contribution in [2.45, 2.75) is 31.3 Å². The Hall–Kier alpha value is -2.16. The Morgan fingerprint density at radius 3 is 2.48 bits per heavy atom. The molecule has 7 nitrogen and oxygen atoms in total. The molecular weight excluding hydrogens is 388 g/mol. The summed E-state index contributed by atoms with van der Waals surface area (Å²) in [5.41, 5.74) is 1.37. The van der Waals surface area contributed by atoms with Crippen LogP contribution in [0.4, 0.5) is 10.5 Å². The fourth-order valence-corrected chi connectivity index (χ4v) is 4.37. The zero-order valence-electron chi connectivity index (χ0n) is 15.2. The number of pyridine rings is 1. The van der Waals surface area contributed by atoms with E-state index in [9.17, 15) is 13.2 Å². The fourth-order valence-electron chi connectivity index (χ4n) is 2.45. The molecule has 0 fully saturated rings. The number of carbonyl (C=O) groups excluding carboxylic acids is 1. The summed E-state index contributed by atoms with van der Waals surface area (Å²) in [5, 5.41) is 5.38. The van der Waals surface area contributed by atoms with E-state index in [1.807, 2.05) is 6.07 Å². The number of nitrogens with zero attached hydrogens (tertiary/aromatic N) is 2. The Kier molecular flexibility index (Phi) is 7.58. The van der Waals surface area contributed by atoms with Gasteiger partial charge in [0.2, 0.25) is 10.0 Å². The van der Waals surface area contributed by atoms with Crippen LogP contribution in [0.15, 0.2) is 53.7 Å². The summed E-state index contributed by atoms with van der Waals surface area (Å²) in [7, 11) is -3.64. The molecule has 0 saturated heterocycles. The van der Waals surface area contributed by atoms with Crippen molar-refractivity contribution >= 4 is 33.3 Å². The van der Waals surface area contributed by atoms with Crippen LogP contribution in [-0.2, 0) is 16.6 Å². The summed E-state index contributed by atoms with van der Waals surface area (Å²) in [4.78, 5) is 16.1. The van der Waals surface area contributed by atoms with Crippen LogP contribution in [0.1, 0.15) is 19.4 Å². The highest BCUT2D eigenvalue weighted by Gasteiger charge is 2.26. The van der Waals surface area contributed by atoms with Crippen LogP contribution in [0.3, 0.4) is 0 Å². The largest absolute Gasteiger partial charge is 0.334 e. The fraction of sp³-hybridized carbons (Fsp3) is 0.333. The van der Waals surface area contributed by atoms with Crippen molar-refractivity contribution in [1.29, 1.82) is 0 Å². The van der Waals surface area contributed by atoms with E-state index in [-0.39, 0.29) is 29.4 Å². The normalized spacial score (nSPS) is 11.6. The molecule has 1 aromatic carbocycles. The van der Waals surface area contributed by atoms with Gasteiger partial charge in [-0.2, -0.15) is 4.31 Å². The second kappa shape index (κ2) is 9.68. The summed E-state index contributed by atoms with van der Waals surface area (Å²) in [5.74, 6) is 0.216. The van der Waals surface area contributed by atoms with E-state index in [0.29, 0.717) is 12.2 Å². The summed E-state index contributed by atoms with van der Waals surface area (Å²) in [6.07, 6.45) is 3.33. The van der Waals surface area contributed by atoms with E-state index < -0.39 is 10.0 Å². The highest BCUT2D eigenvalue weighted by atomic mass is 35.5. The number of carbonyl (C=O) groups is 1. The molecule has 1 heterocycles. The van der Waals surface area contributed by atoms with Crippen molar-refractivity contribution in [1.82, 2.24) is 14.6 Å². The molecule has 27 heavy (non-hydrogen) atoms. The number of amides is 2. The number of alkyl halides is 1. The van der Waals surface area contributed by atoms with Gasteiger partial charge in [0.15, 0.2) is 0 Å². The van der Waals surface area contributed by atoms with Gasteiger partial charge in [0.1, 0.15) is 0 Å². The topological polar surface area (TPSA) is 91.4 Å². The van der Waals surface area contributed by atoms with E-state index in [1.54, 1.807) is 44.4 Å². The Labute approximate surface area is 164 Å². The number of urea groups is 1. The van der Waals surface area contributed by atoms with Gasteiger partial charge in [0, 0.05) is 43.1 Å². The van der Waals surface area contributed by atoms with Gasteiger partial charge in [-0.15, -0.1) is 11.6 Å². The van der Waals surface area contributed by atoms with E-state index in [4.69, 9.17) is 11.6 Å². The molecule has 0 aliphatic rings. The van der Waals surface area contributed by atoms with Crippen molar-refractivity contribution in [2.24, 2.45) is 0 Å². The third-order valence-electron chi connectivity index (χ3n) is 3.78. The van der Waals surface area contributed by atoms with Crippen LogP contribution < -0.4 is 10.6 Å². The van der Waals surface area contributed by atoms with E-state index in [2.05, 4.69) is 15.6 Å². The minimum atomic E-state index is -3.64. The number of halogens is 1. The predicted octanol–water partition coefficient (Wildman–Crippen LogP) is 3.04. The number of benzene rings is 1. The average molecular weight is 411 g/mol. The van der Waals surface area contributed by atoms with Crippen LogP contribution in [0.5, 0.6) is 0 Å². The maximum absolute atomic E-state index is 12.7. The van der Waals surface area contributed by atoms with Gasteiger partial charge in [-0.25, -0.2) is 13.2 Å². The van der Waals surface area contributed by atoms with Crippen molar-refractivity contribution in [3.63, 3.8) is 0 Å². The molecule has 2 amide bonds. The highest BCUT2D eigenvalue weighted by Crippen LogP contribution is 2.20. The van der Waals surface area contributed by atoms with Gasteiger partial charge in [0.25, 0.3) is 0 Å². The first kappa shape index (κ1) is 21.1. The molecule has 146 valence electrons. The third kappa shape index (κ3) is 5.92. The molecule has 0 atom stereocenters. The van der Waals surface area contributed by atoms with E-state index in [0.717, 1.165) is 5.56 Å². The summed E-state index contributed by atoms with van der Waals surface area (Å²) >= 11 is 5.73. The lowest BCUT2D eigenvalue weighted by molar-refractivity contribution is 0.251. The van der Waals surface area contributed by atoms with Crippen LogP contribution >= 0.6 is 11.6 Å². The second-order valence-electron chi connectivity index (χ2n) is 6.09. The molecule has 0 bridgehead atoms. The van der Waals surface area contributed by atoms with Crippen molar-refractivity contribution in [3.8, 4) is 0 Å². The number of aromatic nitrogens is 1. The Bertz CT molecular complexity index is 843. The first-order valence-corrected chi connectivity index (χ1v) is 10.4. The molecule has 0 radical (unpaired) electrons. The molecule has 0 saturated carbocycles. The van der Waals surface area contributed by atoms with Gasteiger partial charge in [-0.1, -0.05) is 6.07 Å². The first-order chi connectivity index (χ1) is 12.8. The van der Waals surface area contributed by atoms with Gasteiger partial charge in [-0.3, -0.25) is 4.98 Å². The number of rotatable bonds is 8. The quantitative estimate of drug-likeness (QED) is 0.654. The number of hydrogen-bond donors (Lipinski definition) is 2. The maximum atomic E-state index is 12.7. The Morgan fingerprint density at radius 1 is 1.22 bits per heavy atom. The lowest BCUT2D eigenvalue weighted by Crippen LogP contribution is -2.38. The van der Waals surface area contributed by atoms with Crippen molar-refractivity contribution in [3.05, 3.63) is 54.4 Å². The van der Waals surface area contributed by atoms with Crippen molar-refractivity contribution in [2.75, 3.05) is 17.7 Å². The van der Waals surface area contributed by atoms with Gasteiger partial charge in [-0.05, 0) is 49.7 Å². The number of sulfonamides is 1. The monoisotopic (exact) mass is 410 g/mol. The summed E-state index contributed by atoms with van der Waals surface area (Å²) < 4.78 is 26.8. The maximum Gasteiger partial charge on any atom is 0.319 e. The highest BCUT2D eigenvalue weighted by molar-refractivity contribution is 7.89. The molecule has 0 aliphatic carbocycles. The van der Waals surface area contributed by atoms with E-state index >= 15 is 0 Å². The first-order valence-electron chi connectivity index (χ1n) is 8.46. The second-order valence-corrected chi connectivity index (χ2v) is 8.36. The van der Waals surface area contributed by atoms with Crippen LogP contribution in [0, 0.1) is 0 Å². The Balaban J connectivity index is 2.00. The minimum Gasteiger partial charge on any atom is -0.334 e. The molecule has 2 N–H and O–H groups in total. The molecule has 0 aliphatic heterocycles. The lowest BCUT2D eigenvalue weighted by atomic mass is 10.3. The summed E-state index contributed by atoms with van der Waals surface area (Å²) in [6.45, 7) is 4.17. The molecule has 9 heteroatoms. The third-order valence-corrected chi connectivity index (χ3v) is 6.03. The van der Waals surface area contributed by atoms with Gasteiger partial charge >= 0.3 is 6.03 Å². The van der Waals surface area contributed by atoms with Gasteiger partial charge < -0.3 is 10.6 Å². The zero-order chi connectivity index (χ0) is 19.9. The standard InChI is InChI=1S/C18H23ClN4O3S/c1-14(2)23(11-9-19)27(25,26)17-7-5-16(6-8-17)22-18(24)21-13-15-4-3-10-20-12-15/h3-8,10,12,14H,9,11,13H2,1-2H3,(H2,21,22,24).